The Morgan fingerprint density at radius 1 is 1.25 bits per heavy atom. The number of likely N-dealkylation sites (tertiary alicyclic amines) is 1. The van der Waals surface area contributed by atoms with Gasteiger partial charge in [-0.15, -0.1) is 0 Å². The highest BCUT2D eigenvalue weighted by Crippen LogP contribution is 2.25. The minimum atomic E-state index is -0.519. The Bertz CT molecular complexity index is 870. The molecule has 9 nitrogen and oxygen atoms in total. The molecule has 1 saturated heterocycles. The monoisotopic (exact) mass is 386 g/mol. The predicted octanol–water partition coefficient (Wildman–Crippen LogP) is 2.29. The van der Waals surface area contributed by atoms with Crippen LogP contribution in [-0.2, 0) is 0 Å². The minimum Gasteiger partial charge on any atom is -0.459 e. The van der Waals surface area contributed by atoms with E-state index in [0.29, 0.717) is 37.4 Å². The molecular formula is C19H22N4O5. The number of furan rings is 1. The number of nitrogens with one attached hydrogen (secondary N) is 1. The third kappa shape index (κ3) is 4.13. The first-order valence-electron chi connectivity index (χ1n) is 8.96. The Balaban J connectivity index is 1.65. The maximum atomic E-state index is 12.8. The van der Waals surface area contributed by atoms with Crippen molar-refractivity contribution in [3.8, 4) is 0 Å². The predicted molar refractivity (Wildman–Crippen MR) is 103 cm³/mol. The van der Waals surface area contributed by atoms with Gasteiger partial charge in [0.2, 0.25) is 0 Å². The molecule has 148 valence electrons. The number of nitro groups is 1. The van der Waals surface area contributed by atoms with Crippen molar-refractivity contribution in [3.63, 3.8) is 0 Å². The molecule has 1 aromatic carbocycles. The van der Waals surface area contributed by atoms with E-state index < -0.39 is 4.92 Å². The van der Waals surface area contributed by atoms with Crippen LogP contribution < -0.4 is 10.2 Å². The maximum absolute atomic E-state index is 12.8. The number of piperidine rings is 1. The highest BCUT2D eigenvalue weighted by atomic mass is 16.6. The Morgan fingerprint density at radius 2 is 1.96 bits per heavy atom. The molecule has 0 atom stereocenters. The van der Waals surface area contributed by atoms with Crippen molar-refractivity contribution >= 4 is 23.2 Å². The van der Waals surface area contributed by atoms with Crippen LogP contribution in [0.4, 0.5) is 11.4 Å². The molecule has 1 aliphatic heterocycles. The van der Waals surface area contributed by atoms with E-state index >= 15 is 0 Å². The van der Waals surface area contributed by atoms with Crippen LogP contribution in [0.5, 0.6) is 0 Å². The van der Waals surface area contributed by atoms with E-state index in [2.05, 4.69) is 5.32 Å². The lowest BCUT2D eigenvalue weighted by Gasteiger charge is -2.32. The molecule has 1 aromatic heterocycles. The number of nitro benzene ring substituents is 1. The van der Waals surface area contributed by atoms with Gasteiger partial charge in [-0.1, -0.05) is 0 Å². The molecule has 0 radical (unpaired) electrons. The molecule has 28 heavy (non-hydrogen) atoms. The van der Waals surface area contributed by atoms with Crippen LogP contribution in [0.2, 0.25) is 0 Å². The summed E-state index contributed by atoms with van der Waals surface area (Å²) in [5, 5.41) is 14.0. The van der Waals surface area contributed by atoms with Crippen LogP contribution in [0.3, 0.4) is 0 Å². The van der Waals surface area contributed by atoms with Crippen LogP contribution in [0, 0.1) is 10.1 Å². The number of carbonyl (C=O) groups is 2. The Kier molecular flexibility index (Phi) is 5.62. The first-order valence-corrected chi connectivity index (χ1v) is 8.96. The summed E-state index contributed by atoms with van der Waals surface area (Å²) < 4.78 is 5.14. The number of amides is 2. The molecule has 3 rings (SSSR count). The van der Waals surface area contributed by atoms with Gasteiger partial charge in [0, 0.05) is 51.0 Å². The summed E-state index contributed by atoms with van der Waals surface area (Å²) in [5.41, 5.74) is 0.733. The van der Waals surface area contributed by atoms with Gasteiger partial charge in [0.05, 0.1) is 16.7 Å². The molecular weight excluding hydrogens is 364 g/mol. The van der Waals surface area contributed by atoms with Gasteiger partial charge in [0.1, 0.15) is 0 Å². The van der Waals surface area contributed by atoms with Crippen molar-refractivity contribution in [1.29, 1.82) is 0 Å². The Morgan fingerprint density at radius 3 is 2.54 bits per heavy atom. The molecule has 0 bridgehead atoms. The van der Waals surface area contributed by atoms with Crippen molar-refractivity contribution in [1.82, 2.24) is 10.2 Å². The van der Waals surface area contributed by atoms with Crippen molar-refractivity contribution in [2.75, 3.05) is 32.1 Å². The van der Waals surface area contributed by atoms with E-state index in [1.807, 2.05) is 0 Å². The van der Waals surface area contributed by atoms with E-state index in [0.717, 1.165) is 0 Å². The Hall–Kier alpha value is -3.36. The molecule has 0 spiro atoms. The van der Waals surface area contributed by atoms with Crippen molar-refractivity contribution in [2.24, 2.45) is 0 Å². The molecule has 1 aliphatic rings. The SMILES string of the molecule is CN(C)c1ccc([N+](=O)[O-])cc1C(=O)NC1CCN(C(=O)c2ccco2)CC1. The second-order valence-electron chi connectivity index (χ2n) is 6.87. The summed E-state index contributed by atoms with van der Waals surface area (Å²) in [6.45, 7) is 1.000. The summed E-state index contributed by atoms with van der Waals surface area (Å²) in [4.78, 5) is 39.0. The van der Waals surface area contributed by atoms with Crippen molar-refractivity contribution in [2.45, 2.75) is 18.9 Å². The van der Waals surface area contributed by atoms with Crippen LogP contribution in [0.15, 0.2) is 41.0 Å². The van der Waals surface area contributed by atoms with Gasteiger partial charge in [-0.2, -0.15) is 0 Å². The standard InChI is InChI=1S/C19H22N4O5/c1-21(2)16-6-5-14(23(26)27)12-15(16)18(24)20-13-7-9-22(10-8-13)19(25)17-4-3-11-28-17/h3-6,11-13H,7-10H2,1-2H3,(H,20,24). The summed E-state index contributed by atoms with van der Waals surface area (Å²) in [7, 11) is 3.55. The topological polar surface area (TPSA) is 109 Å². The number of hydrogen-bond donors (Lipinski definition) is 1. The number of rotatable bonds is 5. The van der Waals surface area contributed by atoms with Gasteiger partial charge in [-0.05, 0) is 31.0 Å². The summed E-state index contributed by atoms with van der Waals surface area (Å²) in [6.07, 6.45) is 2.66. The van der Waals surface area contributed by atoms with Crippen LogP contribution in [0.1, 0.15) is 33.8 Å². The third-order valence-corrected chi connectivity index (χ3v) is 4.77. The first kappa shape index (κ1) is 19.4. The van der Waals surface area contributed by atoms with Gasteiger partial charge in [-0.25, -0.2) is 0 Å². The van der Waals surface area contributed by atoms with Crippen LogP contribution >= 0.6 is 0 Å². The highest BCUT2D eigenvalue weighted by molar-refractivity contribution is 6.00. The molecule has 2 amide bonds. The summed E-state index contributed by atoms with van der Waals surface area (Å²) >= 11 is 0. The first-order chi connectivity index (χ1) is 13.4. The second kappa shape index (κ2) is 8.12. The lowest BCUT2D eigenvalue weighted by Crippen LogP contribution is -2.46. The van der Waals surface area contributed by atoms with Gasteiger partial charge in [0.15, 0.2) is 5.76 Å². The normalized spacial score (nSPS) is 14.6. The minimum absolute atomic E-state index is 0.109. The molecule has 2 heterocycles. The molecule has 0 aliphatic carbocycles. The van der Waals surface area contributed by atoms with Crippen LogP contribution in [-0.4, -0.2) is 54.9 Å². The fourth-order valence-corrected chi connectivity index (χ4v) is 3.26. The fraction of sp³-hybridized carbons (Fsp3) is 0.368. The van der Waals surface area contributed by atoms with Crippen LogP contribution in [0.25, 0.3) is 0 Å². The van der Waals surface area contributed by atoms with E-state index in [1.165, 1.54) is 18.4 Å². The van der Waals surface area contributed by atoms with Gasteiger partial charge < -0.3 is 19.5 Å². The fourth-order valence-electron chi connectivity index (χ4n) is 3.26. The number of benzene rings is 1. The lowest BCUT2D eigenvalue weighted by atomic mass is 10.0. The number of anilines is 1. The zero-order valence-corrected chi connectivity index (χ0v) is 15.8. The zero-order chi connectivity index (χ0) is 20.3. The number of non-ortho nitro benzene ring substituents is 1. The zero-order valence-electron chi connectivity index (χ0n) is 15.8. The molecule has 9 heteroatoms. The van der Waals surface area contributed by atoms with Crippen molar-refractivity contribution < 1.29 is 18.9 Å². The van der Waals surface area contributed by atoms with Crippen molar-refractivity contribution in [3.05, 3.63) is 58.0 Å². The molecule has 0 unspecified atom stereocenters. The number of carbonyl (C=O) groups excluding carboxylic acids is 2. The highest BCUT2D eigenvalue weighted by Gasteiger charge is 2.27. The van der Waals surface area contributed by atoms with E-state index in [1.54, 1.807) is 42.1 Å². The maximum Gasteiger partial charge on any atom is 0.289 e. The quantitative estimate of drug-likeness (QED) is 0.624. The molecule has 1 fully saturated rings. The summed E-state index contributed by atoms with van der Waals surface area (Å²) in [5.74, 6) is -0.221. The summed E-state index contributed by atoms with van der Waals surface area (Å²) in [6, 6.07) is 7.42. The molecule has 1 N–H and O–H groups in total. The Labute approximate surface area is 162 Å². The largest absolute Gasteiger partial charge is 0.459 e. The second-order valence-corrected chi connectivity index (χ2v) is 6.87. The number of nitrogens with zero attached hydrogens (tertiary/aromatic N) is 3. The average molecular weight is 386 g/mol. The lowest BCUT2D eigenvalue weighted by molar-refractivity contribution is -0.384. The van der Waals surface area contributed by atoms with E-state index in [-0.39, 0.29) is 29.1 Å². The smallest absolute Gasteiger partial charge is 0.289 e. The van der Waals surface area contributed by atoms with E-state index in [9.17, 15) is 19.7 Å². The molecule has 2 aromatic rings. The molecule has 0 saturated carbocycles. The van der Waals surface area contributed by atoms with Gasteiger partial charge >= 0.3 is 0 Å². The van der Waals surface area contributed by atoms with Gasteiger partial charge in [0.25, 0.3) is 17.5 Å². The average Bonchev–Trinajstić information content (AvgIpc) is 3.22. The van der Waals surface area contributed by atoms with Gasteiger partial charge in [-0.3, -0.25) is 19.7 Å². The third-order valence-electron chi connectivity index (χ3n) is 4.77. The number of hydrogen-bond acceptors (Lipinski definition) is 6. The van der Waals surface area contributed by atoms with E-state index in [4.69, 9.17) is 4.42 Å².